The zero-order valence-corrected chi connectivity index (χ0v) is 34.2. The molecule has 1 amide bonds. The zero-order chi connectivity index (χ0) is 43.9. The molecule has 0 bridgehead atoms. The van der Waals surface area contributed by atoms with E-state index >= 15 is 4.79 Å². The summed E-state index contributed by atoms with van der Waals surface area (Å²) in [6.45, 7) is 6.36. The highest BCUT2D eigenvalue weighted by Gasteiger charge is 2.89. The molecule has 12 atom stereocenters. The summed E-state index contributed by atoms with van der Waals surface area (Å²) in [5.74, 6) is -6.74. The first-order valence-electron chi connectivity index (χ1n) is 20.1. The number of carbonyl (C=O) groups excluding carboxylic acids is 6. The van der Waals surface area contributed by atoms with Crippen LogP contribution in [0.1, 0.15) is 79.8 Å². The molecule has 3 aromatic carbocycles. The summed E-state index contributed by atoms with van der Waals surface area (Å²) in [5, 5.41) is 40.0. The second-order valence-corrected chi connectivity index (χ2v) is 17.1. The van der Waals surface area contributed by atoms with Crippen LogP contribution in [0.2, 0.25) is 0 Å². The largest absolute Gasteiger partial charge is 0.455 e. The van der Waals surface area contributed by atoms with Crippen LogP contribution >= 0.6 is 0 Å². The van der Waals surface area contributed by atoms with Crippen molar-refractivity contribution in [3.05, 3.63) is 119 Å². The standard InChI is InChI=1S/C46H47NO14/c1-24-32-35(58-25(2)48)37(52)42(4)30(50)21-31-44(23-57-31,60-26(3)49)36(42)38(59-40(54)29-19-13-8-14-20-29)45(56)22-46(24,43(32,45)5)61-41(55)34(51)33(27-15-9-6-10-16-27)47-39(53)28-17-11-7-12-18-28/h6-20,30-31,33-36,38,50-51,56H,21-23H2,1-5H3,(H,47,53)/t30-,31+,33-,34+,35+,36-,38-,42+,43+,44-,45?,46+/m0/s1. The summed E-state index contributed by atoms with van der Waals surface area (Å²) in [4.78, 5) is 83.2. The molecule has 4 N–H and O–H groups in total. The molecule has 0 spiro atoms. The normalized spacial score (nSPS) is 35.3. The lowest BCUT2D eigenvalue weighted by molar-refractivity contribution is -0.376. The number of fused-ring (bicyclic) bond motifs is 3. The van der Waals surface area contributed by atoms with E-state index in [0.717, 1.165) is 13.8 Å². The number of esters is 4. The van der Waals surface area contributed by atoms with Crippen LogP contribution in [-0.2, 0) is 42.9 Å². The summed E-state index contributed by atoms with van der Waals surface area (Å²) in [5.41, 5.74) is -8.81. The van der Waals surface area contributed by atoms with Gasteiger partial charge >= 0.3 is 23.9 Å². The molecule has 3 saturated carbocycles. The molecule has 0 radical (unpaired) electrons. The number of carbonyl (C=O) groups is 6. The molecule has 1 saturated heterocycles. The minimum absolute atomic E-state index is 0.0434. The Morgan fingerprint density at radius 2 is 1.43 bits per heavy atom. The van der Waals surface area contributed by atoms with Crippen molar-refractivity contribution in [2.75, 3.05) is 6.61 Å². The lowest BCUT2D eigenvalue weighted by Crippen LogP contribution is -2.90. The minimum Gasteiger partial charge on any atom is -0.455 e. The Hall–Kier alpha value is -5.74. The lowest BCUT2D eigenvalue weighted by Gasteiger charge is -2.78. The fourth-order valence-corrected chi connectivity index (χ4v) is 11.0. The molecular weight excluding hydrogens is 790 g/mol. The van der Waals surface area contributed by atoms with Crippen LogP contribution in [-0.4, -0.2) is 105 Å². The summed E-state index contributed by atoms with van der Waals surface area (Å²) in [7, 11) is 0. The molecule has 4 aliphatic carbocycles. The molecule has 1 heterocycles. The van der Waals surface area contributed by atoms with Crippen LogP contribution in [0.15, 0.2) is 102 Å². The number of aliphatic hydroxyl groups excluding tert-OH is 2. The van der Waals surface area contributed by atoms with E-state index in [-0.39, 0.29) is 35.3 Å². The van der Waals surface area contributed by atoms with Crippen molar-refractivity contribution in [2.45, 2.75) is 101 Å². The average molecular weight is 838 g/mol. The van der Waals surface area contributed by atoms with Crippen molar-refractivity contribution in [1.82, 2.24) is 5.32 Å². The first-order valence-corrected chi connectivity index (χ1v) is 20.1. The number of benzene rings is 3. The maximum Gasteiger partial charge on any atom is 0.338 e. The summed E-state index contributed by atoms with van der Waals surface area (Å²) in [6.07, 6.45) is -8.82. The average Bonchev–Trinajstić information content (AvgIpc) is 3.24. The van der Waals surface area contributed by atoms with E-state index < -0.39 is 112 Å². The maximum absolute atomic E-state index is 15.3. The van der Waals surface area contributed by atoms with Crippen LogP contribution in [0.5, 0.6) is 0 Å². The Balaban J connectivity index is 1.26. The number of ketones is 1. The van der Waals surface area contributed by atoms with Crippen molar-refractivity contribution in [3.63, 3.8) is 0 Å². The van der Waals surface area contributed by atoms with Crippen LogP contribution in [0.3, 0.4) is 0 Å². The predicted octanol–water partition coefficient (Wildman–Crippen LogP) is 3.10. The Kier molecular flexibility index (Phi) is 10.1. The summed E-state index contributed by atoms with van der Waals surface area (Å²) in [6, 6.07) is 23.0. The van der Waals surface area contributed by atoms with E-state index in [2.05, 4.69) is 5.32 Å². The van der Waals surface area contributed by atoms with Gasteiger partial charge < -0.3 is 44.3 Å². The fraction of sp³-hybridized carbons (Fsp3) is 0.435. The van der Waals surface area contributed by atoms with Crippen molar-refractivity contribution in [3.8, 4) is 0 Å². The van der Waals surface area contributed by atoms with Crippen LogP contribution in [0.4, 0.5) is 0 Å². The molecule has 8 rings (SSSR count). The SMILES string of the molecule is CC(=O)O[C@H]1C(=O)[C@@]2(C)[C@H]([C@H](OC(=O)c3ccccc3)C3(O)C[C@@]4(OC(=O)[C@H](O)[C@@H](NC(=O)c5ccccc5)c5ccccc5)C(C)=C1[C@]34C)[C@]1(OC(C)=O)CO[C@@H]1C[C@@H]2O. The molecule has 0 aromatic heterocycles. The molecule has 15 heteroatoms. The van der Waals surface area contributed by atoms with Crippen molar-refractivity contribution in [1.29, 1.82) is 0 Å². The highest BCUT2D eigenvalue weighted by Crippen LogP contribution is 2.78. The topological polar surface area (TPSA) is 221 Å². The van der Waals surface area contributed by atoms with Crippen molar-refractivity contribution < 1.29 is 67.8 Å². The van der Waals surface area contributed by atoms with Crippen molar-refractivity contribution in [2.24, 2.45) is 16.7 Å². The van der Waals surface area contributed by atoms with E-state index in [0.29, 0.717) is 5.56 Å². The van der Waals surface area contributed by atoms with Gasteiger partial charge in [0.1, 0.15) is 23.4 Å². The molecule has 1 unspecified atom stereocenters. The van der Waals surface area contributed by atoms with Gasteiger partial charge in [-0.15, -0.1) is 0 Å². The van der Waals surface area contributed by atoms with Crippen LogP contribution < -0.4 is 5.32 Å². The summed E-state index contributed by atoms with van der Waals surface area (Å²) >= 11 is 0. The molecular formula is C46H47NO14. The number of hydrogen-bond acceptors (Lipinski definition) is 14. The third-order valence-electron chi connectivity index (χ3n) is 14.1. The molecule has 5 aliphatic rings. The van der Waals surface area contributed by atoms with Gasteiger partial charge in [-0.05, 0) is 61.7 Å². The van der Waals surface area contributed by atoms with Gasteiger partial charge in [-0.1, -0.05) is 66.7 Å². The smallest absolute Gasteiger partial charge is 0.338 e. The number of aliphatic hydroxyl groups is 3. The highest BCUT2D eigenvalue weighted by atomic mass is 16.6. The Morgan fingerprint density at radius 3 is 1.98 bits per heavy atom. The number of rotatable bonds is 10. The fourth-order valence-electron chi connectivity index (χ4n) is 11.0. The zero-order valence-electron chi connectivity index (χ0n) is 34.2. The number of hydrogen-bond donors (Lipinski definition) is 4. The molecule has 1 aliphatic heterocycles. The van der Waals surface area contributed by atoms with Crippen LogP contribution in [0.25, 0.3) is 0 Å². The quantitative estimate of drug-likeness (QED) is 0.131. The molecule has 61 heavy (non-hydrogen) atoms. The monoisotopic (exact) mass is 837 g/mol. The van der Waals surface area contributed by atoms with Gasteiger partial charge in [0.2, 0.25) is 0 Å². The molecule has 320 valence electrons. The van der Waals surface area contributed by atoms with E-state index in [1.54, 1.807) is 78.9 Å². The number of Topliss-reactive ketones (excluding diaryl/α,β-unsaturated/α-hetero) is 1. The van der Waals surface area contributed by atoms with E-state index in [1.165, 1.54) is 32.9 Å². The van der Waals surface area contributed by atoms with E-state index in [4.69, 9.17) is 23.7 Å². The maximum atomic E-state index is 15.3. The molecule has 3 aromatic rings. The third kappa shape index (κ3) is 5.92. The first-order chi connectivity index (χ1) is 28.9. The Labute approximate surface area is 351 Å². The third-order valence-corrected chi connectivity index (χ3v) is 14.1. The first kappa shape index (κ1) is 42.0. The second-order valence-electron chi connectivity index (χ2n) is 17.1. The lowest BCUT2D eigenvalue weighted by atomic mass is 9.30. The van der Waals surface area contributed by atoms with Gasteiger partial charge in [0, 0.05) is 32.3 Å². The summed E-state index contributed by atoms with van der Waals surface area (Å²) < 4.78 is 30.3. The number of amides is 1. The van der Waals surface area contributed by atoms with Crippen LogP contribution in [0, 0.1) is 16.7 Å². The van der Waals surface area contributed by atoms with Gasteiger partial charge in [0.05, 0.1) is 41.1 Å². The van der Waals surface area contributed by atoms with Gasteiger partial charge in [-0.25, -0.2) is 9.59 Å². The van der Waals surface area contributed by atoms with Gasteiger partial charge in [-0.3, -0.25) is 19.2 Å². The van der Waals surface area contributed by atoms with Gasteiger partial charge in [0.25, 0.3) is 5.91 Å². The molecule has 15 nitrogen and oxygen atoms in total. The number of nitrogens with one attached hydrogen (secondary N) is 1. The predicted molar refractivity (Wildman–Crippen MR) is 211 cm³/mol. The van der Waals surface area contributed by atoms with Gasteiger partial charge in [0.15, 0.2) is 23.6 Å². The molecule has 4 fully saturated rings. The van der Waals surface area contributed by atoms with Crippen molar-refractivity contribution >= 4 is 35.6 Å². The second kappa shape index (κ2) is 14.7. The minimum atomic E-state index is -2.30. The Bertz CT molecular complexity index is 2340. The van der Waals surface area contributed by atoms with E-state index in [9.17, 15) is 39.3 Å². The number of ether oxygens (including phenoxy) is 5. The highest BCUT2D eigenvalue weighted by molar-refractivity contribution is 5.97. The van der Waals surface area contributed by atoms with Gasteiger partial charge in [-0.2, -0.15) is 0 Å². The van der Waals surface area contributed by atoms with E-state index in [1.807, 2.05) is 0 Å². The Morgan fingerprint density at radius 1 is 0.836 bits per heavy atom.